The van der Waals surface area contributed by atoms with Crippen LogP contribution in [-0.2, 0) is 4.79 Å². The van der Waals surface area contributed by atoms with Crippen LogP contribution in [-0.4, -0.2) is 26.1 Å². The highest BCUT2D eigenvalue weighted by molar-refractivity contribution is 5.84. The minimum absolute atomic E-state index is 0.0177. The second kappa shape index (κ2) is 4.93. The number of nitrogens with one attached hydrogen (secondary N) is 2. The first-order valence-electron chi connectivity index (χ1n) is 6.33. The zero-order chi connectivity index (χ0) is 13.2. The Morgan fingerprint density at radius 3 is 3.11 bits per heavy atom. The number of carbonyl (C=O) groups excluding carboxylic acids is 1. The molecule has 2 N–H and O–H groups in total. The second-order valence-electron chi connectivity index (χ2n) is 4.61. The Balaban J connectivity index is 2.01. The summed E-state index contributed by atoms with van der Waals surface area (Å²) in [5.74, 6) is 0.848. The number of hydrogen-bond acceptors (Lipinski definition) is 4. The standard InChI is InChI=1S/C14H16N2O3/c1-18-9-2-3-13-10(6-9)11(8-19-13)12-7-14(17)16-5-4-15-12/h2-3,6,8,12,15H,4-5,7H2,1H3,(H,16,17). The van der Waals surface area contributed by atoms with Crippen LogP contribution in [0.5, 0.6) is 5.75 Å². The van der Waals surface area contributed by atoms with Crippen molar-refractivity contribution in [3.8, 4) is 5.75 Å². The van der Waals surface area contributed by atoms with Gasteiger partial charge < -0.3 is 19.8 Å². The Morgan fingerprint density at radius 2 is 2.26 bits per heavy atom. The topological polar surface area (TPSA) is 63.5 Å². The molecule has 5 nitrogen and oxygen atoms in total. The van der Waals surface area contributed by atoms with Crippen molar-refractivity contribution in [2.75, 3.05) is 20.2 Å². The summed E-state index contributed by atoms with van der Waals surface area (Å²) in [5, 5.41) is 7.20. The summed E-state index contributed by atoms with van der Waals surface area (Å²) in [4.78, 5) is 11.6. The molecule has 5 heteroatoms. The first-order valence-corrected chi connectivity index (χ1v) is 6.33. The van der Waals surface area contributed by atoms with Crippen LogP contribution in [0.4, 0.5) is 0 Å². The van der Waals surface area contributed by atoms with Crippen LogP contribution in [0.3, 0.4) is 0 Å². The van der Waals surface area contributed by atoms with Gasteiger partial charge in [-0.25, -0.2) is 0 Å². The van der Waals surface area contributed by atoms with Crippen molar-refractivity contribution in [1.82, 2.24) is 10.6 Å². The van der Waals surface area contributed by atoms with Gasteiger partial charge in [0.05, 0.1) is 13.4 Å². The van der Waals surface area contributed by atoms with E-state index in [0.717, 1.165) is 28.8 Å². The fraction of sp³-hybridized carbons (Fsp3) is 0.357. The van der Waals surface area contributed by atoms with Crippen molar-refractivity contribution < 1.29 is 13.9 Å². The number of benzene rings is 1. The highest BCUT2D eigenvalue weighted by atomic mass is 16.5. The van der Waals surface area contributed by atoms with Gasteiger partial charge in [-0.3, -0.25) is 4.79 Å². The summed E-state index contributed by atoms with van der Waals surface area (Å²) in [6, 6.07) is 5.67. The summed E-state index contributed by atoms with van der Waals surface area (Å²) < 4.78 is 10.8. The molecule has 1 unspecified atom stereocenters. The number of carbonyl (C=O) groups is 1. The largest absolute Gasteiger partial charge is 0.497 e. The number of hydrogen-bond donors (Lipinski definition) is 2. The van der Waals surface area contributed by atoms with Gasteiger partial charge in [0, 0.05) is 36.5 Å². The zero-order valence-corrected chi connectivity index (χ0v) is 10.7. The molecule has 1 aromatic carbocycles. The maximum Gasteiger partial charge on any atom is 0.221 e. The summed E-state index contributed by atoms with van der Waals surface area (Å²) in [6.07, 6.45) is 2.15. The molecular formula is C14H16N2O3. The minimum atomic E-state index is -0.0177. The van der Waals surface area contributed by atoms with Crippen LogP contribution in [0.2, 0.25) is 0 Å². The lowest BCUT2D eigenvalue weighted by molar-refractivity contribution is -0.121. The fourth-order valence-corrected chi connectivity index (χ4v) is 2.42. The Kier molecular flexibility index (Phi) is 3.13. The van der Waals surface area contributed by atoms with Gasteiger partial charge in [0.15, 0.2) is 0 Å². The molecule has 0 bridgehead atoms. The molecule has 1 aliphatic heterocycles. The van der Waals surface area contributed by atoms with Crippen molar-refractivity contribution in [1.29, 1.82) is 0 Å². The molecule has 19 heavy (non-hydrogen) atoms. The van der Waals surface area contributed by atoms with E-state index in [1.807, 2.05) is 18.2 Å². The lowest BCUT2D eigenvalue weighted by Crippen LogP contribution is -2.24. The molecule has 0 aliphatic carbocycles. The van der Waals surface area contributed by atoms with Gasteiger partial charge in [0.25, 0.3) is 0 Å². The third-order valence-electron chi connectivity index (χ3n) is 3.41. The molecule has 1 saturated heterocycles. The van der Waals surface area contributed by atoms with Crippen LogP contribution in [0.1, 0.15) is 18.0 Å². The van der Waals surface area contributed by atoms with Crippen LogP contribution < -0.4 is 15.4 Å². The smallest absolute Gasteiger partial charge is 0.221 e. The SMILES string of the molecule is COc1ccc2occ(C3CC(=O)NCCN3)c2c1. The van der Waals surface area contributed by atoms with Gasteiger partial charge in [-0.2, -0.15) is 0 Å². The van der Waals surface area contributed by atoms with E-state index in [0.29, 0.717) is 13.0 Å². The predicted molar refractivity (Wildman–Crippen MR) is 71.1 cm³/mol. The average Bonchev–Trinajstić information content (AvgIpc) is 2.73. The Morgan fingerprint density at radius 1 is 1.37 bits per heavy atom. The first kappa shape index (κ1) is 12.0. The van der Waals surface area contributed by atoms with E-state index in [1.165, 1.54) is 0 Å². The summed E-state index contributed by atoms with van der Waals surface area (Å²) in [5.41, 5.74) is 1.81. The highest BCUT2D eigenvalue weighted by Gasteiger charge is 2.22. The summed E-state index contributed by atoms with van der Waals surface area (Å²) in [6.45, 7) is 1.42. The highest BCUT2D eigenvalue weighted by Crippen LogP contribution is 2.31. The molecule has 1 amide bonds. The number of fused-ring (bicyclic) bond motifs is 1. The van der Waals surface area contributed by atoms with E-state index >= 15 is 0 Å². The van der Waals surface area contributed by atoms with E-state index in [-0.39, 0.29) is 11.9 Å². The lowest BCUT2D eigenvalue weighted by atomic mass is 10.0. The molecule has 0 radical (unpaired) electrons. The second-order valence-corrected chi connectivity index (χ2v) is 4.61. The molecular weight excluding hydrogens is 244 g/mol. The molecule has 1 aliphatic rings. The molecule has 1 fully saturated rings. The lowest BCUT2D eigenvalue weighted by Gasteiger charge is -2.13. The predicted octanol–water partition coefficient (Wildman–Crippen LogP) is 1.59. The third-order valence-corrected chi connectivity index (χ3v) is 3.41. The monoisotopic (exact) mass is 260 g/mol. The van der Waals surface area contributed by atoms with Crippen molar-refractivity contribution in [2.45, 2.75) is 12.5 Å². The molecule has 0 spiro atoms. The van der Waals surface area contributed by atoms with Gasteiger partial charge in [0.1, 0.15) is 11.3 Å². The van der Waals surface area contributed by atoms with Crippen molar-refractivity contribution in [2.24, 2.45) is 0 Å². The molecule has 3 rings (SSSR count). The van der Waals surface area contributed by atoms with E-state index in [2.05, 4.69) is 10.6 Å². The van der Waals surface area contributed by atoms with Crippen molar-refractivity contribution in [3.05, 3.63) is 30.0 Å². The molecule has 0 saturated carbocycles. The van der Waals surface area contributed by atoms with Gasteiger partial charge >= 0.3 is 0 Å². The molecule has 2 aromatic rings. The Bertz CT molecular complexity index is 606. The van der Waals surface area contributed by atoms with Crippen molar-refractivity contribution in [3.63, 3.8) is 0 Å². The van der Waals surface area contributed by atoms with Gasteiger partial charge in [0.2, 0.25) is 5.91 Å². The van der Waals surface area contributed by atoms with Crippen LogP contribution >= 0.6 is 0 Å². The number of amides is 1. The summed E-state index contributed by atoms with van der Waals surface area (Å²) in [7, 11) is 1.64. The van der Waals surface area contributed by atoms with Gasteiger partial charge in [-0.1, -0.05) is 0 Å². The van der Waals surface area contributed by atoms with E-state index < -0.39 is 0 Å². The average molecular weight is 260 g/mol. The van der Waals surface area contributed by atoms with E-state index in [1.54, 1.807) is 13.4 Å². The number of methoxy groups -OCH3 is 1. The van der Waals surface area contributed by atoms with E-state index in [9.17, 15) is 4.79 Å². The van der Waals surface area contributed by atoms with Gasteiger partial charge in [-0.05, 0) is 18.2 Å². The molecule has 1 aromatic heterocycles. The maximum atomic E-state index is 11.6. The maximum absolute atomic E-state index is 11.6. The Labute approximate surface area is 110 Å². The number of furan rings is 1. The normalized spacial score (nSPS) is 20.1. The number of rotatable bonds is 2. The molecule has 2 heterocycles. The van der Waals surface area contributed by atoms with Gasteiger partial charge in [-0.15, -0.1) is 0 Å². The van der Waals surface area contributed by atoms with Crippen LogP contribution in [0.15, 0.2) is 28.9 Å². The third kappa shape index (κ3) is 2.29. The van der Waals surface area contributed by atoms with Crippen LogP contribution in [0, 0.1) is 0 Å². The quantitative estimate of drug-likeness (QED) is 0.860. The number of ether oxygens (including phenoxy) is 1. The fourth-order valence-electron chi connectivity index (χ4n) is 2.42. The first-order chi connectivity index (χ1) is 9.28. The van der Waals surface area contributed by atoms with Crippen LogP contribution in [0.25, 0.3) is 11.0 Å². The molecule has 100 valence electrons. The van der Waals surface area contributed by atoms with E-state index in [4.69, 9.17) is 9.15 Å². The summed E-state index contributed by atoms with van der Waals surface area (Å²) >= 11 is 0. The minimum Gasteiger partial charge on any atom is -0.497 e. The zero-order valence-electron chi connectivity index (χ0n) is 10.7. The Hall–Kier alpha value is -2.01. The van der Waals surface area contributed by atoms with Crippen molar-refractivity contribution >= 4 is 16.9 Å². The molecule has 1 atom stereocenters.